The highest BCUT2D eigenvalue weighted by molar-refractivity contribution is 6.04. The van der Waals surface area contributed by atoms with Crippen LogP contribution in [0.1, 0.15) is 35.7 Å². The van der Waals surface area contributed by atoms with E-state index in [1.807, 2.05) is 42.5 Å². The molecule has 0 aliphatic rings. The average molecular weight is 391 g/mol. The third-order valence-electron chi connectivity index (χ3n) is 4.53. The molecule has 1 amide bonds. The molecule has 3 aromatic rings. The lowest BCUT2D eigenvalue weighted by Gasteiger charge is -2.14. The van der Waals surface area contributed by atoms with E-state index in [2.05, 4.69) is 29.5 Å². The van der Waals surface area contributed by atoms with Crippen LogP contribution in [0.3, 0.4) is 0 Å². The summed E-state index contributed by atoms with van der Waals surface area (Å²) in [6.07, 6.45) is 1.54. The van der Waals surface area contributed by atoms with E-state index in [-0.39, 0.29) is 5.91 Å². The van der Waals surface area contributed by atoms with Crippen molar-refractivity contribution in [2.45, 2.75) is 19.8 Å². The Kier molecular flexibility index (Phi) is 6.34. The van der Waals surface area contributed by atoms with Gasteiger partial charge >= 0.3 is 0 Å². The molecule has 0 spiro atoms. The van der Waals surface area contributed by atoms with E-state index in [9.17, 15) is 4.79 Å². The van der Waals surface area contributed by atoms with Crippen LogP contribution in [0.25, 0.3) is 0 Å². The topological polar surface area (TPSA) is 72.5 Å². The van der Waals surface area contributed by atoms with Gasteiger partial charge in [0, 0.05) is 18.0 Å². The van der Waals surface area contributed by atoms with Gasteiger partial charge < -0.3 is 20.1 Å². The summed E-state index contributed by atoms with van der Waals surface area (Å²) in [5.41, 5.74) is 3.11. The van der Waals surface area contributed by atoms with E-state index in [1.165, 1.54) is 0 Å². The predicted molar refractivity (Wildman–Crippen MR) is 116 cm³/mol. The number of anilines is 3. The number of carbonyl (C=O) groups excluding carboxylic acids is 1. The zero-order chi connectivity index (χ0) is 20.8. The van der Waals surface area contributed by atoms with Gasteiger partial charge in [0.15, 0.2) is 0 Å². The summed E-state index contributed by atoms with van der Waals surface area (Å²) in [5.74, 6) is 2.08. The predicted octanol–water partition coefficient (Wildman–Crippen LogP) is 5.22. The third-order valence-corrected chi connectivity index (χ3v) is 4.53. The van der Waals surface area contributed by atoms with E-state index in [0.29, 0.717) is 28.8 Å². The van der Waals surface area contributed by atoms with Crippen molar-refractivity contribution in [2.24, 2.45) is 0 Å². The minimum Gasteiger partial charge on any atom is -0.497 e. The number of ether oxygens (including phenoxy) is 2. The Morgan fingerprint density at radius 2 is 1.76 bits per heavy atom. The highest BCUT2D eigenvalue weighted by Crippen LogP contribution is 2.31. The molecule has 0 aliphatic heterocycles. The second-order valence-corrected chi connectivity index (χ2v) is 6.82. The van der Waals surface area contributed by atoms with Crippen molar-refractivity contribution in [1.29, 1.82) is 0 Å². The Labute approximate surface area is 170 Å². The molecule has 6 heteroatoms. The molecule has 0 fully saturated rings. The molecule has 0 unspecified atom stereocenters. The molecule has 150 valence electrons. The Balaban J connectivity index is 1.75. The Morgan fingerprint density at radius 3 is 2.41 bits per heavy atom. The van der Waals surface area contributed by atoms with Gasteiger partial charge in [-0.1, -0.05) is 32.0 Å². The molecule has 1 heterocycles. The first kappa shape index (κ1) is 20.2. The molecule has 1 aromatic heterocycles. The van der Waals surface area contributed by atoms with Crippen LogP contribution in [0.15, 0.2) is 60.8 Å². The summed E-state index contributed by atoms with van der Waals surface area (Å²) in [7, 11) is 3.21. The van der Waals surface area contributed by atoms with Crippen molar-refractivity contribution < 1.29 is 14.3 Å². The van der Waals surface area contributed by atoms with E-state index in [0.717, 1.165) is 16.9 Å². The molecule has 0 atom stereocenters. The minimum atomic E-state index is -0.198. The minimum absolute atomic E-state index is 0.198. The maximum absolute atomic E-state index is 12.6. The fourth-order valence-electron chi connectivity index (χ4n) is 2.96. The lowest BCUT2D eigenvalue weighted by atomic mass is 10.0. The molecule has 0 saturated heterocycles. The van der Waals surface area contributed by atoms with E-state index >= 15 is 0 Å². The molecule has 3 rings (SSSR count). The molecule has 0 saturated carbocycles. The van der Waals surface area contributed by atoms with Crippen LogP contribution in [0.2, 0.25) is 0 Å². The van der Waals surface area contributed by atoms with Crippen molar-refractivity contribution in [3.05, 3.63) is 71.9 Å². The van der Waals surface area contributed by atoms with Crippen molar-refractivity contribution in [3.63, 3.8) is 0 Å². The van der Waals surface area contributed by atoms with E-state index in [4.69, 9.17) is 9.47 Å². The maximum Gasteiger partial charge on any atom is 0.257 e. The largest absolute Gasteiger partial charge is 0.497 e. The summed E-state index contributed by atoms with van der Waals surface area (Å²) in [6.45, 7) is 4.19. The summed E-state index contributed by atoms with van der Waals surface area (Å²) in [5, 5.41) is 6.16. The summed E-state index contributed by atoms with van der Waals surface area (Å²) >= 11 is 0. The van der Waals surface area contributed by atoms with Crippen LogP contribution in [0.4, 0.5) is 17.2 Å². The number of hydrogen-bond acceptors (Lipinski definition) is 5. The zero-order valence-electron chi connectivity index (χ0n) is 17.0. The second kappa shape index (κ2) is 9.10. The second-order valence-electron chi connectivity index (χ2n) is 6.82. The normalized spacial score (nSPS) is 10.5. The van der Waals surface area contributed by atoms with Crippen molar-refractivity contribution >= 4 is 23.1 Å². The lowest BCUT2D eigenvalue weighted by molar-refractivity contribution is 0.102. The van der Waals surface area contributed by atoms with E-state index in [1.54, 1.807) is 32.5 Å². The lowest BCUT2D eigenvalue weighted by Crippen LogP contribution is -2.14. The number of rotatable bonds is 7. The highest BCUT2D eigenvalue weighted by atomic mass is 16.5. The summed E-state index contributed by atoms with van der Waals surface area (Å²) in [4.78, 5) is 17.0. The molecule has 0 aliphatic carbocycles. The highest BCUT2D eigenvalue weighted by Gasteiger charge is 2.12. The van der Waals surface area contributed by atoms with Gasteiger partial charge in [-0.3, -0.25) is 4.79 Å². The number of amides is 1. The van der Waals surface area contributed by atoms with Crippen molar-refractivity contribution in [1.82, 2.24) is 4.98 Å². The number of carbonyl (C=O) groups is 1. The van der Waals surface area contributed by atoms with Crippen LogP contribution in [0, 0.1) is 0 Å². The molecule has 6 nitrogen and oxygen atoms in total. The smallest absolute Gasteiger partial charge is 0.257 e. The molecular formula is C23H25N3O3. The van der Waals surface area contributed by atoms with Gasteiger partial charge in [0.1, 0.15) is 17.3 Å². The zero-order valence-corrected chi connectivity index (χ0v) is 17.0. The number of nitrogens with zero attached hydrogens (tertiary/aromatic N) is 1. The van der Waals surface area contributed by atoms with Gasteiger partial charge in [-0.2, -0.15) is 0 Å². The molecule has 29 heavy (non-hydrogen) atoms. The molecule has 2 aromatic carbocycles. The summed E-state index contributed by atoms with van der Waals surface area (Å²) < 4.78 is 10.6. The number of methoxy groups -OCH3 is 2. The van der Waals surface area contributed by atoms with Gasteiger partial charge in [0.05, 0.1) is 25.5 Å². The van der Waals surface area contributed by atoms with Crippen LogP contribution in [-0.4, -0.2) is 25.1 Å². The van der Waals surface area contributed by atoms with Crippen LogP contribution < -0.4 is 20.1 Å². The maximum atomic E-state index is 12.6. The molecule has 0 bridgehead atoms. The SMILES string of the molecule is COc1ccc(OC)c(Nc2ccc(C(=O)Nc3ccccc3C(C)C)cn2)c1. The number of para-hydroxylation sites is 1. The first-order valence-electron chi connectivity index (χ1n) is 9.37. The molecular weight excluding hydrogens is 366 g/mol. The number of aromatic nitrogens is 1. The first-order valence-corrected chi connectivity index (χ1v) is 9.37. The number of benzene rings is 2. The van der Waals surface area contributed by atoms with Crippen LogP contribution in [0.5, 0.6) is 11.5 Å². The average Bonchev–Trinajstić information content (AvgIpc) is 2.74. The fraction of sp³-hybridized carbons (Fsp3) is 0.217. The number of hydrogen-bond donors (Lipinski definition) is 2. The number of nitrogens with one attached hydrogen (secondary N) is 2. The van der Waals surface area contributed by atoms with Crippen molar-refractivity contribution in [3.8, 4) is 11.5 Å². The standard InChI is InChI=1S/C23H25N3O3/c1-15(2)18-7-5-6-8-19(18)26-23(27)16-9-12-22(24-14-16)25-20-13-17(28-3)10-11-21(20)29-4/h5-15H,1-4H3,(H,24,25)(H,26,27). The van der Waals surface area contributed by atoms with Gasteiger partial charge in [-0.05, 0) is 41.8 Å². The quantitative estimate of drug-likeness (QED) is 0.578. The molecule has 2 N–H and O–H groups in total. The van der Waals surface area contributed by atoms with Gasteiger partial charge in [-0.25, -0.2) is 4.98 Å². The van der Waals surface area contributed by atoms with E-state index < -0.39 is 0 Å². The monoisotopic (exact) mass is 391 g/mol. The first-order chi connectivity index (χ1) is 14.0. The van der Waals surface area contributed by atoms with Gasteiger partial charge in [-0.15, -0.1) is 0 Å². The van der Waals surface area contributed by atoms with Gasteiger partial charge in [0.2, 0.25) is 0 Å². The summed E-state index contributed by atoms with van der Waals surface area (Å²) in [6, 6.07) is 16.8. The third kappa shape index (κ3) is 4.85. The van der Waals surface area contributed by atoms with Gasteiger partial charge in [0.25, 0.3) is 5.91 Å². The van der Waals surface area contributed by atoms with Crippen molar-refractivity contribution in [2.75, 3.05) is 24.9 Å². The number of pyridine rings is 1. The Morgan fingerprint density at radius 1 is 0.966 bits per heavy atom. The molecule has 0 radical (unpaired) electrons. The Hall–Kier alpha value is -3.54. The Bertz CT molecular complexity index is 985. The van der Waals surface area contributed by atoms with Crippen LogP contribution in [-0.2, 0) is 0 Å². The van der Waals surface area contributed by atoms with Crippen LogP contribution >= 0.6 is 0 Å². The fourth-order valence-corrected chi connectivity index (χ4v) is 2.96.